The van der Waals surface area contributed by atoms with Crippen LogP contribution in [0.2, 0.25) is 0 Å². The summed E-state index contributed by atoms with van der Waals surface area (Å²) in [6, 6.07) is 3.72. The minimum atomic E-state index is -3.96. The Labute approximate surface area is 143 Å². The van der Waals surface area contributed by atoms with Gasteiger partial charge in [-0.25, -0.2) is 18.4 Å². The van der Waals surface area contributed by atoms with Crippen LogP contribution in [-0.4, -0.2) is 42.7 Å². The zero-order chi connectivity index (χ0) is 17.6. The normalized spacial score (nSPS) is 11.8. The van der Waals surface area contributed by atoms with Crippen molar-refractivity contribution in [2.45, 2.75) is 23.2 Å². The number of nitrogens with zero attached hydrogens (tertiary/aromatic N) is 5. The van der Waals surface area contributed by atoms with Gasteiger partial charge in [-0.15, -0.1) is 10.2 Å². The van der Waals surface area contributed by atoms with Crippen molar-refractivity contribution >= 4 is 43.2 Å². The molecule has 2 heterocycles. The molecule has 0 bridgehead atoms. The first kappa shape index (κ1) is 16.5. The van der Waals surface area contributed by atoms with E-state index >= 15 is 0 Å². The number of nitrogen functional groups attached to an aromatic ring is 1. The Bertz CT molecular complexity index is 1040. The van der Waals surface area contributed by atoms with E-state index in [1.54, 1.807) is 19.0 Å². The van der Waals surface area contributed by atoms with E-state index in [9.17, 15) is 8.42 Å². The summed E-state index contributed by atoms with van der Waals surface area (Å²) < 4.78 is 25.6. The average molecular weight is 364 g/mol. The molecular weight excluding hydrogens is 348 g/mol. The maximum absolute atomic E-state index is 12.9. The van der Waals surface area contributed by atoms with Gasteiger partial charge in [-0.1, -0.05) is 11.3 Å². The van der Waals surface area contributed by atoms with E-state index in [1.807, 2.05) is 26.0 Å². The highest BCUT2D eigenvalue weighted by molar-refractivity contribution is 7.93. The highest BCUT2D eigenvalue weighted by Crippen LogP contribution is 2.31. The average Bonchev–Trinajstić information content (AvgIpc) is 2.94. The molecule has 0 aliphatic rings. The molecule has 2 aromatic heterocycles. The number of fused-ring (bicyclic) bond motifs is 1. The van der Waals surface area contributed by atoms with Gasteiger partial charge < -0.3 is 10.6 Å². The third-order valence-corrected chi connectivity index (χ3v) is 6.34. The van der Waals surface area contributed by atoms with E-state index < -0.39 is 9.84 Å². The van der Waals surface area contributed by atoms with Crippen LogP contribution in [0.5, 0.6) is 0 Å². The molecule has 8 nitrogen and oxygen atoms in total. The van der Waals surface area contributed by atoms with E-state index in [4.69, 9.17) is 5.73 Å². The van der Waals surface area contributed by atoms with E-state index in [1.165, 1.54) is 0 Å². The van der Waals surface area contributed by atoms with Crippen LogP contribution in [0.4, 0.5) is 10.9 Å². The second kappa shape index (κ2) is 5.64. The summed E-state index contributed by atoms with van der Waals surface area (Å²) in [5.41, 5.74) is 8.74. The van der Waals surface area contributed by atoms with Gasteiger partial charge in [0, 0.05) is 14.1 Å². The van der Waals surface area contributed by atoms with Crippen molar-refractivity contribution in [1.82, 2.24) is 20.2 Å². The van der Waals surface area contributed by atoms with Crippen molar-refractivity contribution in [3.8, 4) is 0 Å². The third-order valence-electron chi connectivity index (χ3n) is 3.56. The van der Waals surface area contributed by atoms with Crippen molar-refractivity contribution in [2.24, 2.45) is 0 Å². The van der Waals surface area contributed by atoms with Gasteiger partial charge in [0.1, 0.15) is 0 Å². The maximum Gasteiger partial charge on any atom is 0.256 e. The number of hydrogen-bond donors (Lipinski definition) is 1. The molecule has 0 fully saturated rings. The summed E-state index contributed by atoms with van der Waals surface area (Å²) in [5.74, 6) is 0.250. The summed E-state index contributed by atoms with van der Waals surface area (Å²) in [6.45, 7) is 3.91. The smallest absolute Gasteiger partial charge is 0.256 e. The maximum atomic E-state index is 12.9. The lowest BCUT2D eigenvalue weighted by atomic mass is 10.1. The Morgan fingerprint density at radius 3 is 2.12 bits per heavy atom. The van der Waals surface area contributed by atoms with Crippen molar-refractivity contribution in [3.05, 3.63) is 23.3 Å². The van der Waals surface area contributed by atoms with Crippen molar-refractivity contribution < 1.29 is 8.42 Å². The highest BCUT2D eigenvalue weighted by atomic mass is 32.2. The van der Waals surface area contributed by atoms with Crippen LogP contribution in [0, 0.1) is 13.8 Å². The van der Waals surface area contributed by atoms with Gasteiger partial charge in [0.05, 0.1) is 11.0 Å². The number of sulfone groups is 1. The van der Waals surface area contributed by atoms with E-state index in [0.29, 0.717) is 11.0 Å². The molecule has 0 amide bonds. The number of rotatable bonds is 3. The lowest BCUT2D eigenvalue weighted by Gasteiger charge is -2.16. The molecule has 0 radical (unpaired) electrons. The first-order valence-electron chi connectivity index (χ1n) is 7.00. The van der Waals surface area contributed by atoms with Gasteiger partial charge in [0.2, 0.25) is 14.5 Å². The number of aryl methyl sites for hydroxylation is 2. The van der Waals surface area contributed by atoms with Gasteiger partial charge in [-0.3, -0.25) is 0 Å². The summed E-state index contributed by atoms with van der Waals surface area (Å²) >= 11 is 0.802. The van der Waals surface area contributed by atoms with Crippen LogP contribution in [-0.2, 0) is 9.84 Å². The molecule has 0 unspecified atom stereocenters. The standard InChI is InChI=1S/C14H16N6O2S2/c1-7-5-9-10(6-8(7)2)17-12(11(16-9)20(3)4)24(21,22)14-19-18-13(15)23-14/h5-6H,1-4H3,(H2,15,18). The molecule has 0 saturated carbocycles. The van der Waals surface area contributed by atoms with Crippen LogP contribution >= 0.6 is 11.3 Å². The van der Waals surface area contributed by atoms with Crippen molar-refractivity contribution in [2.75, 3.05) is 24.7 Å². The molecule has 2 N–H and O–H groups in total. The van der Waals surface area contributed by atoms with Crippen molar-refractivity contribution in [1.29, 1.82) is 0 Å². The van der Waals surface area contributed by atoms with Crippen molar-refractivity contribution in [3.63, 3.8) is 0 Å². The molecule has 1 aromatic carbocycles. The highest BCUT2D eigenvalue weighted by Gasteiger charge is 2.30. The molecule has 0 aliphatic carbocycles. The van der Waals surface area contributed by atoms with Gasteiger partial charge in [0.25, 0.3) is 9.84 Å². The molecule has 126 valence electrons. The minimum Gasteiger partial charge on any atom is -0.374 e. The quantitative estimate of drug-likeness (QED) is 0.745. The first-order chi connectivity index (χ1) is 11.2. The number of aromatic nitrogens is 4. The van der Waals surface area contributed by atoms with Crippen LogP contribution in [0.1, 0.15) is 11.1 Å². The summed E-state index contributed by atoms with van der Waals surface area (Å²) in [4.78, 5) is 10.5. The monoisotopic (exact) mass is 364 g/mol. The molecule has 0 saturated heterocycles. The van der Waals surface area contributed by atoms with Crippen LogP contribution < -0.4 is 10.6 Å². The first-order valence-corrected chi connectivity index (χ1v) is 9.30. The predicted octanol–water partition coefficient (Wildman–Crippen LogP) is 1.58. The lowest BCUT2D eigenvalue weighted by molar-refractivity contribution is 0.590. The van der Waals surface area contributed by atoms with Crippen LogP contribution in [0.25, 0.3) is 11.0 Å². The van der Waals surface area contributed by atoms with E-state index in [-0.39, 0.29) is 20.3 Å². The molecule has 0 atom stereocenters. The number of hydrogen-bond acceptors (Lipinski definition) is 9. The van der Waals surface area contributed by atoms with Gasteiger partial charge in [-0.05, 0) is 37.1 Å². The molecule has 24 heavy (non-hydrogen) atoms. The molecular formula is C14H16N6O2S2. The van der Waals surface area contributed by atoms with Gasteiger partial charge in [-0.2, -0.15) is 0 Å². The molecule has 0 spiro atoms. The number of anilines is 2. The number of nitrogens with two attached hydrogens (primary N) is 1. The molecule has 0 aliphatic heterocycles. The van der Waals surface area contributed by atoms with E-state index in [0.717, 1.165) is 22.5 Å². The largest absolute Gasteiger partial charge is 0.374 e. The summed E-state index contributed by atoms with van der Waals surface area (Å²) in [7, 11) is -0.533. The van der Waals surface area contributed by atoms with Crippen LogP contribution in [0.15, 0.2) is 21.5 Å². The number of benzene rings is 1. The van der Waals surface area contributed by atoms with E-state index in [2.05, 4.69) is 20.2 Å². The Kier molecular flexibility index (Phi) is 3.88. The Hall–Kier alpha value is -2.33. The Balaban J connectivity index is 2.33. The second-order valence-corrected chi connectivity index (χ2v) is 8.63. The lowest BCUT2D eigenvalue weighted by Crippen LogP contribution is -2.18. The second-order valence-electron chi connectivity index (χ2n) is 5.58. The predicted molar refractivity (Wildman–Crippen MR) is 93.1 cm³/mol. The van der Waals surface area contributed by atoms with Crippen LogP contribution in [0.3, 0.4) is 0 Å². The fourth-order valence-corrected chi connectivity index (χ4v) is 4.44. The molecule has 10 heteroatoms. The summed E-state index contributed by atoms with van der Waals surface area (Å²) in [6.07, 6.45) is 0. The molecule has 3 rings (SSSR count). The molecule has 3 aromatic rings. The summed E-state index contributed by atoms with van der Waals surface area (Å²) in [5, 5.41) is 7.15. The zero-order valence-corrected chi connectivity index (χ0v) is 15.2. The minimum absolute atomic E-state index is 0.0835. The zero-order valence-electron chi connectivity index (χ0n) is 13.6. The topological polar surface area (TPSA) is 115 Å². The fraction of sp³-hybridized carbons (Fsp3) is 0.286. The Morgan fingerprint density at radius 2 is 1.62 bits per heavy atom. The van der Waals surface area contributed by atoms with Gasteiger partial charge >= 0.3 is 0 Å². The van der Waals surface area contributed by atoms with Gasteiger partial charge in [0.15, 0.2) is 5.82 Å². The Morgan fingerprint density at radius 1 is 1.04 bits per heavy atom. The third kappa shape index (κ3) is 2.67. The fourth-order valence-electron chi connectivity index (χ4n) is 2.17. The SMILES string of the molecule is Cc1cc2nc(N(C)C)c(S(=O)(=O)c3nnc(N)s3)nc2cc1C.